The number of carbonyl (C=O) groups excluding carboxylic acids is 1. The number of halogens is 2. The molecule has 1 fully saturated rings. The normalized spacial score (nSPS) is 20.5. The zero-order valence-corrected chi connectivity index (χ0v) is 14.2. The Labute approximate surface area is 140 Å². The third-order valence-corrected chi connectivity index (χ3v) is 3.85. The van der Waals surface area contributed by atoms with Crippen LogP contribution in [0.1, 0.15) is 38.8 Å². The second kappa shape index (κ2) is 7.79. The zero-order chi connectivity index (χ0) is 17.7. The zero-order valence-electron chi connectivity index (χ0n) is 14.2. The van der Waals surface area contributed by atoms with Crippen molar-refractivity contribution in [2.75, 3.05) is 19.8 Å². The molecule has 7 heteroatoms. The summed E-state index contributed by atoms with van der Waals surface area (Å²) in [6.07, 6.45) is -0.473. The lowest BCUT2D eigenvalue weighted by Crippen LogP contribution is -2.41. The first kappa shape index (κ1) is 18.4. The van der Waals surface area contributed by atoms with E-state index < -0.39 is 30.8 Å². The van der Waals surface area contributed by atoms with E-state index in [-0.39, 0.29) is 6.04 Å². The van der Waals surface area contributed by atoms with E-state index in [1.807, 2.05) is 19.9 Å². The molecule has 1 amide bonds. The first-order valence-electron chi connectivity index (χ1n) is 8.17. The lowest BCUT2D eigenvalue weighted by atomic mass is 10.1. The molecule has 2 atom stereocenters. The van der Waals surface area contributed by atoms with Crippen molar-refractivity contribution in [3.63, 3.8) is 0 Å². The van der Waals surface area contributed by atoms with Crippen molar-refractivity contribution in [3.8, 4) is 11.5 Å². The van der Waals surface area contributed by atoms with Gasteiger partial charge in [0, 0.05) is 6.42 Å². The second-order valence-corrected chi connectivity index (χ2v) is 5.80. The molecule has 0 aromatic heterocycles. The van der Waals surface area contributed by atoms with Gasteiger partial charge in [0.25, 0.3) is 5.92 Å². The fourth-order valence-electron chi connectivity index (χ4n) is 2.64. The highest BCUT2D eigenvalue weighted by Crippen LogP contribution is 2.31. The number of rotatable bonds is 7. The van der Waals surface area contributed by atoms with E-state index in [0.717, 1.165) is 5.56 Å². The summed E-state index contributed by atoms with van der Waals surface area (Å²) in [5.41, 5.74) is 0.819. The highest BCUT2D eigenvalue weighted by molar-refractivity contribution is 5.82. The molecule has 1 aliphatic heterocycles. The van der Waals surface area contributed by atoms with Crippen LogP contribution in [-0.2, 0) is 4.79 Å². The molecule has 2 unspecified atom stereocenters. The van der Waals surface area contributed by atoms with Gasteiger partial charge < -0.3 is 14.8 Å². The number of benzene rings is 1. The van der Waals surface area contributed by atoms with Crippen LogP contribution in [0.25, 0.3) is 0 Å². The summed E-state index contributed by atoms with van der Waals surface area (Å²) in [5, 5.41) is 5.32. The van der Waals surface area contributed by atoms with Gasteiger partial charge in [-0.25, -0.2) is 8.78 Å². The molecule has 0 radical (unpaired) electrons. The minimum Gasteiger partial charge on any atom is -0.490 e. The summed E-state index contributed by atoms with van der Waals surface area (Å²) < 4.78 is 37.5. The lowest BCUT2D eigenvalue weighted by molar-refractivity contribution is -0.124. The van der Waals surface area contributed by atoms with E-state index in [1.54, 1.807) is 19.1 Å². The number of carbonyl (C=O) groups is 1. The van der Waals surface area contributed by atoms with Gasteiger partial charge >= 0.3 is 0 Å². The smallest absolute Gasteiger partial charge is 0.262 e. The van der Waals surface area contributed by atoms with Gasteiger partial charge in [0.1, 0.15) is 0 Å². The number of hydrogen-bond acceptors (Lipinski definition) is 4. The Morgan fingerprint density at radius 1 is 1.33 bits per heavy atom. The van der Waals surface area contributed by atoms with E-state index >= 15 is 0 Å². The van der Waals surface area contributed by atoms with Gasteiger partial charge in [0.05, 0.1) is 31.8 Å². The van der Waals surface area contributed by atoms with E-state index in [2.05, 4.69) is 10.6 Å². The van der Waals surface area contributed by atoms with Gasteiger partial charge in [-0.1, -0.05) is 6.07 Å². The summed E-state index contributed by atoms with van der Waals surface area (Å²) >= 11 is 0. The highest BCUT2D eigenvalue weighted by atomic mass is 19.3. The van der Waals surface area contributed by atoms with Gasteiger partial charge in [-0.05, 0) is 38.5 Å². The average molecular weight is 342 g/mol. The molecule has 2 rings (SSSR count). The van der Waals surface area contributed by atoms with Crippen LogP contribution in [0.15, 0.2) is 18.2 Å². The molecule has 0 spiro atoms. The molecule has 1 aliphatic rings. The topological polar surface area (TPSA) is 59.6 Å². The third-order valence-electron chi connectivity index (χ3n) is 3.85. The number of hydrogen-bond donors (Lipinski definition) is 2. The van der Waals surface area contributed by atoms with Crippen LogP contribution in [0.5, 0.6) is 11.5 Å². The summed E-state index contributed by atoms with van der Waals surface area (Å²) in [7, 11) is 0. The van der Waals surface area contributed by atoms with Gasteiger partial charge in [-0.3, -0.25) is 10.1 Å². The van der Waals surface area contributed by atoms with Crippen molar-refractivity contribution in [2.24, 2.45) is 0 Å². The number of ether oxygens (including phenoxy) is 2. The van der Waals surface area contributed by atoms with Crippen LogP contribution < -0.4 is 20.1 Å². The average Bonchev–Trinajstić information content (AvgIpc) is 2.89. The number of nitrogens with one attached hydrogen (secondary N) is 2. The summed E-state index contributed by atoms with van der Waals surface area (Å²) in [4.78, 5) is 12.1. The molecule has 2 N–H and O–H groups in total. The molecule has 0 bridgehead atoms. The number of amides is 1. The maximum atomic E-state index is 13.2. The van der Waals surface area contributed by atoms with Crippen LogP contribution in [0, 0.1) is 0 Å². The van der Waals surface area contributed by atoms with Crippen LogP contribution in [0.2, 0.25) is 0 Å². The first-order chi connectivity index (χ1) is 11.4. The fourth-order valence-corrected chi connectivity index (χ4v) is 2.64. The first-order valence-corrected chi connectivity index (χ1v) is 8.17. The monoisotopic (exact) mass is 342 g/mol. The Bertz CT molecular complexity index is 581. The maximum absolute atomic E-state index is 13.2. The fraction of sp³-hybridized carbons (Fsp3) is 0.588. The number of alkyl halides is 2. The minimum atomic E-state index is -2.83. The van der Waals surface area contributed by atoms with E-state index in [4.69, 9.17) is 9.47 Å². The van der Waals surface area contributed by atoms with Crippen LogP contribution in [0.4, 0.5) is 8.78 Å². The van der Waals surface area contributed by atoms with Crippen molar-refractivity contribution < 1.29 is 23.0 Å². The van der Waals surface area contributed by atoms with Gasteiger partial charge in [0.2, 0.25) is 5.91 Å². The van der Waals surface area contributed by atoms with Gasteiger partial charge in [-0.2, -0.15) is 0 Å². The predicted octanol–water partition coefficient (Wildman–Crippen LogP) is 2.66. The third kappa shape index (κ3) is 4.56. The van der Waals surface area contributed by atoms with Gasteiger partial charge in [-0.15, -0.1) is 0 Å². The van der Waals surface area contributed by atoms with Crippen molar-refractivity contribution in [3.05, 3.63) is 23.8 Å². The molecule has 134 valence electrons. The Balaban J connectivity index is 2.05. The standard InChI is InChI=1S/C17H24F2N2O3/c1-4-23-14-7-6-12(8-15(14)24-5-2)11(3)21-16(22)13-9-17(18,19)10-20-13/h6-8,11,13,20H,4-5,9-10H2,1-3H3,(H,21,22). The van der Waals surface area contributed by atoms with Crippen LogP contribution in [-0.4, -0.2) is 37.6 Å². The largest absolute Gasteiger partial charge is 0.490 e. The Morgan fingerprint density at radius 3 is 2.58 bits per heavy atom. The van der Waals surface area contributed by atoms with Gasteiger partial charge in [0.15, 0.2) is 11.5 Å². The van der Waals surface area contributed by atoms with Crippen molar-refractivity contribution in [1.29, 1.82) is 0 Å². The van der Waals surface area contributed by atoms with Crippen molar-refractivity contribution in [1.82, 2.24) is 10.6 Å². The molecule has 0 aliphatic carbocycles. The summed E-state index contributed by atoms with van der Waals surface area (Å²) in [6.45, 7) is 6.11. The Kier molecular flexibility index (Phi) is 5.99. The Morgan fingerprint density at radius 2 is 2.00 bits per heavy atom. The molecular formula is C17H24F2N2O3. The predicted molar refractivity (Wildman–Crippen MR) is 86.7 cm³/mol. The second-order valence-electron chi connectivity index (χ2n) is 5.80. The SMILES string of the molecule is CCOc1ccc(C(C)NC(=O)C2CC(F)(F)CN2)cc1OCC. The van der Waals surface area contributed by atoms with Crippen molar-refractivity contribution in [2.45, 2.75) is 45.2 Å². The highest BCUT2D eigenvalue weighted by Gasteiger charge is 2.42. The molecular weight excluding hydrogens is 318 g/mol. The van der Waals surface area contributed by atoms with E-state index in [1.165, 1.54) is 0 Å². The molecule has 0 saturated carbocycles. The summed E-state index contributed by atoms with van der Waals surface area (Å²) in [6, 6.07) is 4.22. The maximum Gasteiger partial charge on any atom is 0.262 e. The molecule has 1 saturated heterocycles. The van der Waals surface area contributed by atoms with E-state index in [9.17, 15) is 13.6 Å². The molecule has 1 heterocycles. The molecule has 5 nitrogen and oxygen atoms in total. The van der Waals surface area contributed by atoms with Crippen molar-refractivity contribution >= 4 is 5.91 Å². The molecule has 1 aromatic rings. The van der Waals surface area contributed by atoms with Crippen LogP contribution in [0.3, 0.4) is 0 Å². The molecule has 1 aromatic carbocycles. The quantitative estimate of drug-likeness (QED) is 0.800. The Hall–Kier alpha value is -1.89. The lowest BCUT2D eigenvalue weighted by Gasteiger charge is -2.19. The molecule has 24 heavy (non-hydrogen) atoms. The van der Waals surface area contributed by atoms with E-state index in [0.29, 0.717) is 24.7 Å². The van der Waals surface area contributed by atoms with Crippen LogP contribution >= 0.6 is 0 Å². The minimum absolute atomic E-state index is 0.330. The summed E-state index contributed by atoms with van der Waals surface area (Å²) in [5.74, 6) is -2.01.